The van der Waals surface area contributed by atoms with E-state index in [0.29, 0.717) is 0 Å². The third-order valence-corrected chi connectivity index (χ3v) is 5.21. The minimum Gasteiger partial charge on any atom is -0.347 e. The topological polar surface area (TPSA) is 61.4 Å². The Balaban J connectivity index is 1.84. The van der Waals surface area contributed by atoms with Gasteiger partial charge in [-0.1, -0.05) is 23.4 Å². The van der Waals surface area contributed by atoms with Crippen molar-refractivity contribution in [2.75, 3.05) is 0 Å². The number of rotatable bonds is 3. The van der Waals surface area contributed by atoms with Crippen LogP contribution >= 0.6 is 0 Å². The average molecular weight is 350 g/mol. The number of nitrogens with zero attached hydrogens (tertiary/aromatic N) is 4. The van der Waals surface area contributed by atoms with Gasteiger partial charge in [0.05, 0.1) is 5.71 Å². The van der Waals surface area contributed by atoms with Gasteiger partial charge in [-0.05, 0) is 25.8 Å². The van der Waals surface area contributed by atoms with Crippen LogP contribution in [0.3, 0.4) is 0 Å². The minimum atomic E-state index is -0.401. The van der Waals surface area contributed by atoms with Crippen molar-refractivity contribution in [3.8, 4) is 0 Å². The Morgan fingerprint density at radius 3 is 2.92 bits per heavy atom. The van der Waals surface area contributed by atoms with Crippen LogP contribution in [0.25, 0.3) is 10.9 Å². The second-order valence-electron chi connectivity index (χ2n) is 6.82. The number of carbonyl (C=O) groups is 1. The number of oxime groups is 1. The lowest BCUT2D eigenvalue weighted by atomic mass is 9.84. The zero-order chi connectivity index (χ0) is 18.3. The van der Waals surface area contributed by atoms with Gasteiger partial charge in [0.25, 0.3) is 0 Å². The van der Waals surface area contributed by atoms with Gasteiger partial charge in [-0.2, -0.15) is 0 Å². The molecule has 1 aliphatic rings. The van der Waals surface area contributed by atoms with E-state index in [4.69, 9.17) is 4.84 Å². The molecule has 0 N–H and O–H groups in total. The Morgan fingerprint density at radius 2 is 2.19 bits per heavy atom. The highest BCUT2D eigenvalue weighted by molar-refractivity contribution is 6.14. The number of hydrogen-bond acceptors (Lipinski definition) is 4. The van der Waals surface area contributed by atoms with Crippen molar-refractivity contribution in [1.82, 2.24) is 14.1 Å². The average Bonchev–Trinajstić information content (AvgIpc) is 3.16. The van der Waals surface area contributed by atoms with Crippen LogP contribution in [0.15, 0.2) is 41.8 Å². The third-order valence-electron chi connectivity index (χ3n) is 5.21. The second-order valence-corrected chi connectivity index (χ2v) is 6.82. The van der Waals surface area contributed by atoms with Crippen LogP contribution in [0.4, 0.5) is 0 Å². The van der Waals surface area contributed by atoms with Gasteiger partial charge < -0.3 is 14.0 Å². The molecule has 0 saturated heterocycles. The molecular formula is C20H22N4O2. The maximum absolute atomic E-state index is 11.4. The summed E-state index contributed by atoms with van der Waals surface area (Å²) in [5.41, 5.74) is 4.38. The van der Waals surface area contributed by atoms with Gasteiger partial charge in [0.2, 0.25) is 0 Å². The van der Waals surface area contributed by atoms with Crippen LogP contribution in [0.1, 0.15) is 30.4 Å². The molecule has 0 fully saturated rings. The summed E-state index contributed by atoms with van der Waals surface area (Å²) in [7, 11) is 2.09. The van der Waals surface area contributed by atoms with Crippen molar-refractivity contribution in [2.24, 2.45) is 18.1 Å². The molecule has 3 aromatic rings. The van der Waals surface area contributed by atoms with E-state index in [2.05, 4.69) is 38.5 Å². The zero-order valence-corrected chi connectivity index (χ0v) is 15.3. The number of fused-ring (bicyclic) bond motifs is 3. The van der Waals surface area contributed by atoms with Crippen molar-refractivity contribution in [2.45, 2.75) is 33.2 Å². The number of para-hydroxylation sites is 1. The SMILES string of the molecule is CC(=O)O/N=C1\c2c(n(C)c3ccccc23)CCC1Cn1ccnc1C. The molecule has 0 bridgehead atoms. The summed E-state index contributed by atoms with van der Waals surface area (Å²) in [6.07, 6.45) is 5.72. The van der Waals surface area contributed by atoms with E-state index in [1.54, 1.807) is 0 Å². The molecule has 0 aliphatic heterocycles. The molecule has 26 heavy (non-hydrogen) atoms. The Hall–Kier alpha value is -2.89. The highest BCUT2D eigenvalue weighted by Crippen LogP contribution is 2.35. The lowest BCUT2D eigenvalue weighted by Crippen LogP contribution is -2.28. The summed E-state index contributed by atoms with van der Waals surface area (Å²) in [6, 6.07) is 8.31. The molecular weight excluding hydrogens is 328 g/mol. The molecule has 6 heteroatoms. The molecule has 1 atom stereocenters. The Morgan fingerprint density at radius 1 is 1.38 bits per heavy atom. The summed E-state index contributed by atoms with van der Waals surface area (Å²) in [6.45, 7) is 4.15. The van der Waals surface area contributed by atoms with Gasteiger partial charge in [-0.15, -0.1) is 0 Å². The molecule has 0 saturated carbocycles. The molecule has 1 aliphatic carbocycles. The number of aromatic nitrogens is 3. The van der Waals surface area contributed by atoms with Crippen molar-refractivity contribution >= 4 is 22.6 Å². The standard InChI is InChI=1S/C20H22N4O2/c1-13-21-10-11-24(13)12-15-8-9-18-19(20(15)22-26-14(2)25)16-6-4-5-7-17(16)23(18)3/h4-7,10-11,15H,8-9,12H2,1-3H3/b22-20-. The fourth-order valence-corrected chi connectivity index (χ4v) is 3.92. The monoisotopic (exact) mass is 350 g/mol. The Kier molecular flexibility index (Phi) is 4.11. The van der Waals surface area contributed by atoms with Crippen molar-refractivity contribution in [1.29, 1.82) is 0 Å². The van der Waals surface area contributed by atoms with Crippen molar-refractivity contribution in [3.63, 3.8) is 0 Å². The van der Waals surface area contributed by atoms with Crippen LogP contribution in [0.2, 0.25) is 0 Å². The van der Waals surface area contributed by atoms with E-state index in [1.807, 2.05) is 31.5 Å². The summed E-state index contributed by atoms with van der Waals surface area (Å²) in [4.78, 5) is 20.8. The molecule has 4 rings (SSSR count). The normalized spacial score (nSPS) is 18.3. The maximum Gasteiger partial charge on any atom is 0.331 e. The summed E-state index contributed by atoms with van der Waals surface area (Å²) < 4.78 is 4.36. The molecule has 2 aromatic heterocycles. The molecule has 6 nitrogen and oxygen atoms in total. The van der Waals surface area contributed by atoms with Crippen molar-refractivity contribution < 1.29 is 9.63 Å². The smallest absolute Gasteiger partial charge is 0.331 e. The number of hydrogen-bond donors (Lipinski definition) is 0. The predicted molar refractivity (Wildman–Crippen MR) is 100.0 cm³/mol. The van der Waals surface area contributed by atoms with E-state index in [1.165, 1.54) is 18.1 Å². The van der Waals surface area contributed by atoms with Crippen LogP contribution < -0.4 is 0 Å². The van der Waals surface area contributed by atoms with E-state index in [9.17, 15) is 4.79 Å². The minimum absolute atomic E-state index is 0.167. The summed E-state index contributed by atoms with van der Waals surface area (Å²) >= 11 is 0. The van der Waals surface area contributed by atoms with Crippen molar-refractivity contribution in [3.05, 3.63) is 53.7 Å². The van der Waals surface area contributed by atoms with E-state index >= 15 is 0 Å². The first-order valence-corrected chi connectivity index (χ1v) is 8.86. The lowest BCUT2D eigenvalue weighted by molar-refractivity contribution is -0.140. The van der Waals surface area contributed by atoms with Crippen LogP contribution in [0, 0.1) is 12.8 Å². The molecule has 0 radical (unpaired) electrons. The highest BCUT2D eigenvalue weighted by atomic mass is 16.7. The zero-order valence-electron chi connectivity index (χ0n) is 15.3. The number of carbonyl (C=O) groups excluding carboxylic acids is 1. The Bertz CT molecular complexity index is 1010. The molecule has 1 unspecified atom stereocenters. The van der Waals surface area contributed by atoms with Gasteiger partial charge in [-0.25, -0.2) is 9.78 Å². The van der Waals surface area contributed by atoms with E-state index < -0.39 is 5.97 Å². The quantitative estimate of drug-likeness (QED) is 0.538. The first-order valence-electron chi connectivity index (χ1n) is 8.86. The lowest BCUT2D eigenvalue weighted by Gasteiger charge is -2.25. The molecule has 0 amide bonds. The predicted octanol–water partition coefficient (Wildman–Crippen LogP) is 3.21. The number of benzene rings is 1. The van der Waals surface area contributed by atoms with Gasteiger partial charge in [0.1, 0.15) is 5.82 Å². The van der Waals surface area contributed by atoms with Crippen LogP contribution in [-0.2, 0) is 29.6 Å². The van der Waals surface area contributed by atoms with Gasteiger partial charge in [-0.3, -0.25) is 0 Å². The fourth-order valence-electron chi connectivity index (χ4n) is 3.92. The highest BCUT2D eigenvalue weighted by Gasteiger charge is 2.31. The third kappa shape index (κ3) is 2.71. The molecule has 1 aromatic carbocycles. The number of aryl methyl sites for hydroxylation is 2. The molecule has 0 spiro atoms. The van der Waals surface area contributed by atoms with Gasteiger partial charge in [0.15, 0.2) is 0 Å². The molecule has 2 heterocycles. The first kappa shape index (κ1) is 16.6. The van der Waals surface area contributed by atoms with Crippen LogP contribution in [-0.4, -0.2) is 25.8 Å². The van der Waals surface area contributed by atoms with Gasteiger partial charge >= 0.3 is 5.97 Å². The summed E-state index contributed by atoms with van der Waals surface area (Å²) in [5, 5.41) is 5.45. The fraction of sp³-hybridized carbons (Fsp3) is 0.350. The Labute approximate surface area is 152 Å². The number of imidazole rings is 1. The second kappa shape index (κ2) is 6.44. The maximum atomic E-state index is 11.4. The summed E-state index contributed by atoms with van der Waals surface area (Å²) in [5.74, 6) is 0.739. The van der Waals surface area contributed by atoms with E-state index in [-0.39, 0.29) is 5.92 Å². The van der Waals surface area contributed by atoms with Gasteiger partial charge in [0, 0.05) is 61.0 Å². The van der Waals surface area contributed by atoms with Crippen LogP contribution in [0.5, 0.6) is 0 Å². The molecule has 134 valence electrons. The van der Waals surface area contributed by atoms with E-state index in [0.717, 1.165) is 41.9 Å². The largest absolute Gasteiger partial charge is 0.347 e. The first-order chi connectivity index (χ1) is 12.6.